The minimum atomic E-state index is -1.15. The predicted octanol–water partition coefficient (Wildman–Crippen LogP) is 0.599. The Kier molecular flexibility index (Phi) is 4.28. The summed E-state index contributed by atoms with van der Waals surface area (Å²) < 4.78 is 21.3. The summed E-state index contributed by atoms with van der Waals surface area (Å²) in [7, 11) is 0.135. The van der Waals surface area contributed by atoms with Crippen molar-refractivity contribution in [2.75, 3.05) is 13.7 Å². The monoisotopic (exact) mass is 218 g/mol. The molecule has 0 aliphatic carbocycles. The summed E-state index contributed by atoms with van der Waals surface area (Å²) in [5.74, 6) is -0.482. The van der Waals surface area contributed by atoms with Crippen LogP contribution in [0.3, 0.4) is 0 Å². The summed E-state index contributed by atoms with van der Waals surface area (Å²) in [6.45, 7) is 2.53. The van der Waals surface area contributed by atoms with Crippen molar-refractivity contribution in [1.82, 2.24) is 0 Å². The highest BCUT2D eigenvalue weighted by Crippen LogP contribution is 2.19. The molecule has 1 heterocycles. The van der Waals surface area contributed by atoms with Crippen molar-refractivity contribution in [3.8, 4) is 0 Å². The van der Waals surface area contributed by atoms with Crippen molar-refractivity contribution in [1.29, 1.82) is 0 Å². The van der Waals surface area contributed by atoms with E-state index in [1.807, 2.05) is 6.92 Å². The largest absolute Gasteiger partial charge is 0.466 e. The van der Waals surface area contributed by atoms with Crippen LogP contribution in [0, 0.1) is 0 Å². The maximum atomic E-state index is 11.6. The molecule has 0 aromatic heterocycles. The van der Waals surface area contributed by atoms with Crippen LogP contribution in [-0.4, -0.2) is 35.2 Å². The first-order valence-electron chi connectivity index (χ1n) is 4.42. The van der Waals surface area contributed by atoms with E-state index < -0.39 is 16.8 Å². The van der Waals surface area contributed by atoms with Crippen LogP contribution >= 0.6 is 0 Å². The van der Waals surface area contributed by atoms with E-state index in [4.69, 9.17) is 4.74 Å². The molecule has 0 aromatic carbocycles. The lowest BCUT2D eigenvalue weighted by Crippen LogP contribution is -2.21. The van der Waals surface area contributed by atoms with Gasteiger partial charge in [-0.05, 0) is 13.3 Å². The molecule has 0 aromatic rings. The lowest BCUT2D eigenvalue weighted by Gasteiger charge is -2.09. The van der Waals surface area contributed by atoms with Crippen molar-refractivity contribution in [3.05, 3.63) is 11.5 Å². The standard InChI is InChI=1S/C9H14O4S/c1-7-8(3-5-13-7)14(11)6-4-9(10)12-2/h4,6-8H,3,5H2,1-2H3/b6-4+. The van der Waals surface area contributed by atoms with E-state index in [1.54, 1.807) is 0 Å². The Bertz CT molecular complexity index is 262. The lowest BCUT2D eigenvalue weighted by molar-refractivity contribution is -0.134. The van der Waals surface area contributed by atoms with Crippen LogP contribution in [0.15, 0.2) is 11.5 Å². The fourth-order valence-electron chi connectivity index (χ4n) is 1.31. The smallest absolute Gasteiger partial charge is 0.331 e. The minimum absolute atomic E-state index is 0.00173. The minimum Gasteiger partial charge on any atom is -0.466 e. The second kappa shape index (κ2) is 5.26. The number of ether oxygens (including phenoxy) is 2. The van der Waals surface area contributed by atoms with Gasteiger partial charge < -0.3 is 9.47 Å². The van der Waals surface area contributed by atoms with E-state index in [-0.39, 0.29) is 11.4 Å². The first-order chi connectivity index (χ1) is 6.65. The Morgan fingerprint density at radius 3 is 2.86 bits per heavy atom. The Morgan fingerprint density at radius 1 is 1.64 bits per heavy atom. The average molecular weight is 218 g/mol. The molecule has 1 aliphatic heterocycles. The molecule has 0 spiro atoms. The van der Waals surface area contributed by atoms with Gasteiger partial charge in [0.1, 0.15) is 0 Å². The highest BCUT2D eigenvalue weighted by molar-refractivity contribution is 7.88. The molecule has 1 rings (SSSR count). The van der Waals surface area contributed by atoms with E-state index in [0.717, 1.165) is 6.42 Å². The first kappa shape index (κ1) is 11.4. The number of methoxy groups -OCH3 is 1. The van der Waals surface area contributed by atoms with Crippen LogP contribution in [0.2, 0.25) is 0 Å². The van der Waals surface area contributed by atoms with E-state index in [9.17, 15) is 9.00 Å². The quantitative estimate of drug-likeness (QED) is 0.514. The highest BCUT2D eigenvalue weighted by atomic mass is 32.2. The zero-order valence-corrected chi connectivity index (χ0v) is 9.08. The molecule has 1 aliphatic rings. The average Bonchev–Trinajstić information content (AvgIpc) is 2.60. The Hall–Kier alpha value is -0.680. The van der Waals surface area contributed by atoms with Crippen LogP contribution in [-0.2, 0) is 25.1 Å². The summed E-state index contributed by atoms with van der Waals surface area (Å²) in [5, 5.41) is 1.37. The second-order valence-electron chi connectivity index (χ2n) is 3.06. The second-order valence-corrected chi connectivity index (χ2v) is 4.59. The van der Waals surface area contributed by atoms with Crippen molar-refractivity contribution >= 4 is 16.8 Å². The molecule has 4 nitrogen and oxygen atoms in total. The summed E-state index contributed by atoms with van der Waals surface area (Å²) >= 11 is 0. The fourth-order valence-corrected chi connectivity index (χ4v) is 2.54. The predicted molar refractivity (Wildman–Crippen MR) is 53.1 cm³/mol. The molecular formula is C9H14O4S. The third-order valence-corrected chi connectivity index (χ3v) is 3.76. The zero-order chi connectivity index (χ0) is 10.6. The van der Waals surface area contributed by atoms with Gasteiger partial charge in [-0.1, -0.05) is 0 Å². The number of rotatable bonds is 3. The van der Waals surface area contributed by atoms with E-state index in [2.05, 4.69) is 4.74 Å². The maximum Gasteiger partial charge on any atom is 0.331 e. The molecule has 0 bridgehead atoms. The molecule has 3 atom stereocenters. The molecule has 14 heavy (non-hydrogen) atoms. The fraction of sp³-hybridized carbons (Fsp3) is 0.667. The summed E-state index contributed by atoms with van der Waals surface area (Å²) in [6, 6.07) is 0. The van der Waals surface area contributed by atoms with Gasteiger partial charge in [0.25, 0.3) is 0 Å². The van der Waals surface area contributed by atoms with Gasteiger partial charge in [-0.15, -0.1) is 0 Å². The highest BCUT2D eigenvalue weighted by Gasteiger charge is 2.28. The van der Waals surface area contributed by atoms with Gasteiger partial charge in [0.2, 0.25) is 0 Å². The Balaban J connectivity index is 2.49. The maximum absolute atomic E-state index is 11.6. The van der Waals surface area contributed by atoms with E-state index in [1.165, 1.54) is 18.6 Å². The first-order valence-corrected chi connectivity index (χ1v) is 5.70. The third kappa shape index (κ3) is 2.92. The van der Waals surface area contributed by atoms with E-state index >= 15 is 0 Å². The van der Waals surface area contributed by atoms with Crippen molar-refractivity contribution in [2.24, 2.45) is 0 Å². The number of carbonyl (C=O) groups excluding carboxylic acids is 1. The topological polar surface area (TPSA) is 52.6 Å². The molecule has 0 saturated carbocycles. The van der Waals surface area contributed by atoms with Crippen LogP contribution in [0.4, 0.5) is 0 Å². The van der Waals surface area contributed by atoms with Gasteiger partial charge in [-0.3, -0.25) is 4.21 Å². The van der Waals surface area contributed by atoms with Crippen LogP contribution in [0.25, 0.3) is 0 Å². The molecule has 0 radical (unpaired) electrons. The van der Waals surface area contributed by atoms with Crippen molar-refractivity contribution < 1.29 is 18.5 Å². The van der Waals surface area contributed by atoms with Crippen LogP contribution in [0.1, 0.15) is 13.3 Å². The van der Waals surface area contributed by atoms with Gasteiger partial charge in [-0.25, -0.2) is 4.79 Å². The SMILES string of the molecule is COC(=O)/C=C/S(=O)C1CCOC1C. The number of carbonyl (C=O) groups is 1. The number of hydrogen-bond acceptors (Lipinski definition) is 4. The molecule has 1 fully saturated rings. The molecule has 0 amide bonds. The molecule has 3 unspecified atom stereocenters. The summed E-state index contributed by atoms with van der Waals surface area (Å²) in [4.78, 5) is 10.7. The molecule has 5 heteroatoms. The van der Waals surface area contributed by atoms with Gasteiger partial charge in [0.15, 0.2) is 0 Å². The summed E-state index contributed by atoms with van der Waals surface area (Å²) in [5.41, 5.74) is 0. The Morgan fingerprint density at radius 2 is 2.36 bits per heavy atom. The van der Waals surface area contributed by atoms with Crippen molar-refractivity contribution in [2.45, 2.75) is 24.7 Å². The van der Waals surface area contributed by atoms with Gasteiger partial charge in [0.05, 0.1) is 29.3 Å². The Labute approximate surface area is 85.7 Å². The zero-order valence-electron chi connectivity index (χ0n) is 8.26. The van der Waals surface area contributed by atoms with Gasteiger partial charge >= 0.3 is 5.97 Å². The molecular weight excluding hydrogens is 204 g/mol. The molecule has 80 valence electrons. The van der Waals surface area contributed by atoms with Crippen LogP contribution in [0.5, 0.6) is 0 Å². The van der Waals surface area contributed by atoms with Gasteiger partial charge in [-0.2, -0.15) is 0 Å². The van der Waals surface area contributed by atoms with Gasteiger partial charge in [0, 0.05) is 18.1 Å². The number of esters is 1. The molecule has 1 saturated heterocycles. The van der Waals surface area contributed by atoms with Crippen molar-refractivity contribution in [3.63, 3.8) is 0 Å². The van der Waals surface area contributed by atoms with Crippen LogP contribution < -0.4 is 0 Å². The number of hydrogen-bond donors (Lipinski definition) is 0. The third-order valence-electron chi connectivity index (χ3n) is 2.14. The lowest BCUT2D eigenvalue weighted by atomic mass is 10.3. The van der Waals surface area contributed by atoms with E-state index in [0.29, 0.717) is 6.61 Å². The summed E-state index contributed by atoms with van der Waals surface area (Å²) in [6.07, 6.45) is 1.97. The molecule has 0 N–H and O–H groups in total. The normalized spacial score (nSPS) is 29.3.